The molecule has 0 radical (unpaired) electrons. The number of carbonyl (C=O) groups is 1. The number of aromatic nitrogens is 1. The Balaban J connectivity index is 1.77. The lowest BCUT2D eigenvalue weighted by Gasteiger charge is -2.09. The molecule has 132 valence electrons. The van der Waals surface area contributed by atoms with E-state index in [9.17, 15) is 4.79 Å². The first-order valence-corrected chi connectivity index (χ1v) is 9.10. The zero-order chi connectivity index (χ0) is 18.7. The molecule has 0 atom stereocenters. The number of aryl methyl sites for hydroxylation is 2. The molecule has 5 heteroatoms. The minimum Gasteiger partial charge on any atom is -0.318 e. The monoisotopic (exact) mass is 409 g/mol. The lowest BCUT2D eigenvalue weighted by atomic mass is 10.2. The Morgan fingerprint density at radius 2 is 1.69 bits per heavy atom. The highest BCUT2D eigenvalue weighted by molar-refractivity contribution is 9.10. The highest BCUT2D eigenvalue weighted by Gasteiger charge is 2.09. The summed E-state index contributed by atoms with van der Waals surface area (Å²) in [5.41, 5.74) is 8.65. The highest BCUT2D eigenvalue weighted by atomic mass is 79.9. The largest absolute Gasteiger partial charge is 0.318 e. The standard InChI is InChI=1S/C21H20BrN3O/c1-14-4-10-20(11-5-14)25-15(2)12-18(16(25)3)13-23-24-21(26)17-6-8-19(22)9-7-17/h4-13H,1-3H3,(H,24,26)/b23-13-. The average Bonchev–Trinajstić information content (AvgIpc) is 2.90. The molecule has 26 heavy (non-hydrogen) atoms. The first-order chi connectivity index (χ1) is 12.5. The molecule has 1 amide bonds. The van der Waals surface area contributed by atoms with Crippen LogP contribution in [0.25, 0.3) is 5.69 Å². The van der Waals surface area contributed by atoms with Crippen molar-refractivity contribution in [1.82, 2.24) is 9.99 Å². The number of nitrogens with zero attached hydrogens (tertiary/aromatic N) is 2. The zero-order valence-corrected chi connectivity index (χ0v) is 16.5. The third-order valence-corrected chi connectivity index (χ3v) is 4.77. The minimum absolute atomic E-state index is 0.235. The van der Waals surface area contributed by atoms with E-state index in [1.54, 1.807) is 18.3 Å². The van der Waals surface area contributed by atoms with Crippen LogP contribution in [-0.4, -0.2) is 16.7 Å². The fraction of sp³-hybridized carbons (Fsp3) is 0.143. The first-order valence-electron chi connectivity index (χ1n) is 8.30. The number of hydrazone groups is 1. The van der Waals surface area contributed by atoms with E-state index >= 15 is 0 Å². The maximum Gasteiger partial charge on any atom is 0.271 e. The molecule has 1 heterocycles. The van der Waals surface area contributed by atoms with Gasteiger partial charge in [-0.05, 0) is 63.2 Å². The Labute approximate surface area is 161 Å². The molecule has 0 saturated carbocycles. The number of hydrogen-bond donors (Lipinski definition) is 1. The molecule has 1 aromatic heterocycles. The normalized spacial score (nSPS) is 11.1. The number of halogens is 1. The van der Waals surface area contributed by atoms with Crippen molar-refractivity contribution in [2.24, 2.45) is 5.10 Å². The van der Waals surface area contributed by atoms with E-state index in [4.69, 9.17) is 0 Å². The van der Waals surface area contributed by atoms with Gasteiger partial charge in [0.1, 0.15) is 0 Å². The molecule has 4 nitrogen and oxygen atoms in total. The number of rotatable bonds is 4. The first kappa shape index (κ1) is 18.1. The summed E-state index contributed by atoms with van der Waals surface area (Å²) in [7, 11) is 0. The van der Waals surface area contributed by atoms with E-state index in [0.29, 0.717) is 5.56 Å². The van der Waals surface area contributed by atoms with Crippen LogP contribution in [0.3, 0.4) is 0 Å². The van der Waals surface area contributed by atoms with Gasteiger partial charge in [0.15, 0.2) is 0 Å². The molecule has 3 aromatic rings. The predicted molar refractivity (Wildman–Crippen MR) is 109 cm³/mol. The van der Waals surface area contributed by atoms with Gasteiger partial charge >= 0.3 is 0 Å². The molecule has 0 saturated heterocycles. The predicted octanol–water partition coefficient (Wildman–Crippen LogP) is 4.93. The molecular formula is C21H20BrN3O. The third kappa shape index (κ3) is 3.94. The van der Waals surface area contributed by atoms with Gasteiger partial charge in [-0.15, -0.1) is 0 Å². The van der Waals surface area contributed by atoms with Crippen molar-refractivity contribution in [2.75, 3.05) is 0 Å². The summed E-state index contributed by atoms with van der Waals surface area (Å²) in [5.74, 6) is -0.235. The zero-order valence-electron chi connectivity index (χ0n) is 15.0. The number of carbonyl (C=O) groups excluding carboxylic acids is 1. The summed E-state index contributed by atoms with van der Waals surface area (Å²) in [6, 6.07) is 17.6. The van der Waals surface area contributed by atoms with Crippen LogP contribution in [0.15, 0.2) is 64.2 Å². The average molecular weight is 410 g/mol. The fourth-order valence-corrected chi connectivity index (χ4v) is 3.10. The van der Waals surface area contributed by atoms with Gasteiger partial charge in [0, 0.05) is 32.7 Å². The Morgan fingerprint density at radius 3 is 2.35 bits per heavy atom. The van der Waals surface area contributed by atoms with E-state index in [-0.39, 0.29) is 5.91 Å². The van der Waals surface area contributed by atoms with Gasteiger partial charge in [-0.2, -0.15) is 5.10 Å². The second kappa shape index (κ2) is 7.70. The van der Waals surface area contributed by atoms with Crippen molar-refractivity contribution in [3.8, 4) is 5.69 Å². The summed E-state index contributed by atoms with van der Waals surface area (Å²) in [4.78, 5) is 12.1. The van der Waals surface area contributed by atoms with Crippen LogP contribution in [0, 0.1) is 20.8 Å². The van der Waals surface area contributed by atoms with Crippen molar-refractivity contribution in [3.63, 3.8) is 0 Å². The van der Waals surface area contributed by atoms with Crippen LogP contribution in [0.5, 0.6) is 0 Å². The number of hydrogen-bond acceptors (Lipinski definition) is 2. The lowest BCUT2D eigenvalue weighted by Crippen LogP contribution is -2.17. The smallest absolute Gasteiger partial charge is 0.271 e. The van der Waals surface area contributed by atoms with Crippen molar-refractivity contribution >= 4 is 28.1 Å². The van der Waals surface area contributed by atoms with Gasteiger partial charge in [-0.3, -0.25) is 4.79 Å². The van der Waals surface area contributed by atoms with E-state index in [1.807, 2.05) is 19.1 Å². The van der Waals surface area contributed by atoms with Crippen LogP contribution in [0.4, 0.5) is 0 Å². The fourth-order valence-electron chi connectivity index (χ4n) is 2.84. The lowest BCUT2D eigenvalue weighted by molar-refractivity contribution is 0.0955. The summed E-state index contributed by atoms with van der Waals surface area (Å²) < 4.78 is 3.11. The van der Waals surface area contributed by atoms with Gasteiger partial charge in [0.2, 0.25) is 0 Å². The van der Waals surface area contributed by atoms with Crippen LogP contribution in [-0.2, 0) is 0 Å². The Kier molecular flexibility index (Phi) is 5.38. The number of benzene rings is 2. The van der Waals surface area contributed by atoms with Crippen molar-refractivity contribution < 1.29 is 4.79 Å². The summed E-state index contributed by atoms with van der Waals surface area (Å²) in [6.07, 6.45) is 1.68. The van der Waals surface area contributed by atoms with Gasteiger partial charge < -0.3 is 4.57 Å². The maximum absolute atomic E-state index is 12.1. The Morgan fingerprint density at radius 1 is 1.04 bits per heavy atom. The van der Waals surface area contributed by atoms with E-state index < -0.39 is 0 Å². The van der Waals surface area contributed by atoms with Crippen molar-refractivity contribution in [1.29, 1.82) is 0 Å². The molecular weight excluding hydrogens is 390 g/mol. The summed E-state index contributed by atoms with van der Waals surface area (Å²) in [6.45, 7) is 6.18. The molecule has 3 rings (SSSR count). The minimum atomic E-state index is -0.235. The van der Waals surface area contributed by atoms with Gasteiger partial charge in [0.05, 0.1) is 6.21 Å². The van der Waals surface area contributed by atoms with Gasteiger partial charge in [-0.1, -0.05) is 33.6 Å². The van der Waals surface area contributed by atoms with Crippen LogP contribution in [0.1, 0.15) is 32.9 Å². The third-order valence-electron chi connectivity index (χ3n) is 4.24. The molecule has 0 bridgehead atoms. The highest BCUT2D eigenvalue weighted by Crippen LogP contribution is 2.20. The van der Waals surface area contributed by atoms with Gasteiger partial charge in [0.25, 0.3) is 5.91 Å². The van der Waals surface area contributed by atoms with Crippen LogP contribution < -0.4 is 5.43 Å². The molecule has 1 N–H and O–H groups in total. The quantitative estimate of drug-likeness (QED) is 0.481. The van der Waals surface area contributed by atoms with Crippen molar-refractivity contribution in [3.05, 3.63) is 87.1 Å². The van der Waals surface area contributed by atoms with Crippen LogP contribution >= 0.6 is 15.9 Å². The summed E-state index contributed by atoms with van der Waals surface area (Å²) >= 11 is 3.35. The van der Waals surface area contributed by atoms with Crippen LogP contribution in [0.2, 0.25) is 0 Å². The van der Waals surface area contributed by atoms with Gasteiger partial charge in [-0.25, -0.2) is 5.43 Å². The SMILES string of the molecule is Cc1ccc(-n2c(C)cc(/C=N\NC(=O)c3ccc(Br)cc3)c2C)cc1. The van der Waals surface area contributed by atoms with E-state index in [1.165, 1.54) is 5.56 Å². The molecule has 0 aliphatic heterocycles. The summed E-state index contributed by atoms with van der Waals surface area (Å²) in [5, 5.41) is 4.11. The molecule has 0 aliphatic rings. The maximum atomic E-state index is 12.1. The number of amides is 1. The second-order valence-corrected chi connectivity index (χ2v) is 7.12. The topological polar surface area (TPSA) is 46.4 Å². The number of nitrogens with one attached hydrogen (secondary N) is 1. The van der Waals surface area contributed by atoms with Crippen molar-refractivity contribution in [2.45, 2.75) is 20.8 Å². The molecule has 0 unspecified atom stereocenters. The van der Waals surface area contributed by atoms with E-state index in [2.05, 4.69) is 75.2 Å². The Bertz CT molecular complexity index is 954. The molecule has 0 aliphatic carbocycles. The molecule has 0 spiro atoms. The van der Waals surface area contributed by atoms with E-state index in [0.717, 1.165) is 27.1 Å². The second-order valence-electron chi connectivity index (χ2n) is 6.20. The molecule has 2 aromatic carbocycles. The molecule has 0 fully saturated rings. The Hall–Kier alpha value is -2.66.